The lowest BCUT2D eigenvalue weighted by atomic mass is 10.0. The van der Waals surface area contributed by atoms with E-state index in [9.17, 15) is 4.79 Å². The second-order valence-corrected chi connectivity index (χ2v) is 7.64. The fraction of sp³-hybridized carbons (Fsp3) is 0.348. The molecule has 28 heavy (non-hydrogen) atoms. The lowest BCUT2D eigenvalue weighted by Crippen LogP contribution is -3.13. The van der Waals surface area contributed by atoms with Crippen molar-refractivity contribution in [1.82, 2.24) is 0 Å². The van der Waals surface area contributed by atoms with Crippen LogP contribution in [-0.4, -0.2) is 33.3 Å². The number of methoxy groups -OCH3 is 1. The quantitative estimate of drug-likeness (QED) is 0.707. The zero-order chi connectivity index (χ0) is 19.7. The molecule has 5 nitrogen and oxygen atoms in total. The van der Waals surface area contributed by atoms with Crippen LogP contribution in [0.3, 0.4) is 0 Å². The number of hydrogen-bond donors (Lipinski definition) is 1. The van der Waals surface area contributed by atoms with Gasteiger partial charge in [-0.2, -0.15) is 0 Å². The minimum atomic E-state index is -0.264. The van der Waals surface area contributed by atoms with Crippen LogP contribution in [-0.2, 0) is 6.54 Å². The Bertz CT molecular complexity index is 1050. The Hall–Kier alpha value is -2.79. The van der Waals surface area contributed by atoms with E-state index in [1.807, 2.05) is 25.1 Å². The maximum Gasteiger partial charge on any atom is 0.336 e. The minimum Gasteiger partial charge on any atom is -0.497 e. The van der Waals surface area contributed by atoms with E-state index < -0.39 is 0 Å². The van der Waals surface area contributed by atoms with Crippen molar-refractivity contribution in [2.24, 2.45) is 0 Å². The zero-order valence-corrected chi connectivity index (χ0v) is 16.7. The van der Waals surface area contributed by atoms with E-state index in [0.29, 0.717) is 5.58 Å². The normalized spacial score (nSPS) is 15.2. The van der Waals surface area contributed by atoms with Crippen molar-refractivity contribution in [3.8, 4) is 5.75 Å². The van der Waals surface area contributed by atoms with Gasteiger partial charge in [0.05, 0.1) is 33.3 Å². The molecular weight excluding hydrogens is 352 g/mol. The Kier molecular flexibility index (Phi) is 5.09. The number of ether oxygens (including phenoxy) is 1. The van der Waals surface area contributed by atoms with Crippen molar-refractivity contribution < 1.29 is 14.1 Å². The summed E-state index contributed by atoms with van der Waals surface area (Å²) in [6.07, 6.45) is 0. The number of anilines is 1. The van der Waals surface area contributed by atoms with Gasteiger partial charge in [0.2, 0.25) is 0 Å². The van der Waals surface area contributed by atoms with Crippen molar-refractivity contribution >= 4 is 16.7 Å². The summed E-state index contributed by atoms with van der Waals surface area (Å²) in [6.45, 7) is 9.03. The Labute approximate surface area is 165 Å². The zero-order valence-electron chi connectivity index (χ0n) is 16.7. The molecule has 0 amide bonds. The maximum atomic E-state index is 12.0. The van der Waals surface area contributed by atoms with E-state index in [1.165, 1.54) is 16.2 Å². The van der Waals surface area contributed by atoms with E-state index in [2.05, 4.69) is 30.0 Å². The molecule has 0 spiro atoms. The summed E-state index contributed by atoms with van der Waals surface area (Å²) < 4.78 is 10.8. The number of aryl methyl sites for hydroxylation is 2. The summed E-state index contributed by atoms with van der Waals surface area (Å²) in [5.74, 6) is 0.889. The van der Waals surface area contributed by atoms with Crippen LogP contribution in [0.4, 0.5) is 5.69 Å². The van der Waals surface area contributed by atoms with E-state index >= 15 is 0 Å². The number of piperazine rings is 1. The Balaban J connectivity index is 1.50. The van der Waals surface area contributed by atoms with Gasteiger partial charge in [0.1, 0.15) is 17.9 Å². The maximum absolute atomic E-state index is 12.0. The first kappa shape index (κ1) is 18.6. The van der Waals surface area contributed by atoms with Crippen molar-refractivity contribution in [3.63, 3.8) is 0 Å². The topological polar surface area (TPSA) is 47.1 Å². The van der Waals surface area contributed by atoms with Crippen LogP contribution in [0.1, 0.15) is 16.7 Å². The number of fused-ring (bicyclic) bond motifs is 1. The second kappa shape index (κ2) is 7.68. The van der Waals surface area contributed by atoms with Crippen molar-refractivity contribution in [2.75, 3.05) is 38.2 Å². The SMILES string of the molecule is COc1cccc(N2CC[NH+](Cc3cc(=O)oc4cc(C)c(C)cc34)CC2)c1. The van der Waals surface area contributed by atoms with Gasteiger partial charge in [0.15, 0.2) is 0 Å². The fourth-order valence-electron chi connectivity index (χ4n) is 3.96. The largest absolute Gasteiger partial charge is 0.497 e. The summed E-state index contributed by atoms with van der Waals surface area (Å²) in [5.41, 5.74) is 5.09. The van der Waals surface area contributed by atoms with Gasteiger partial charge in [0, 0.05) is 28.8 Å². The van der Waals surface area contributed by atoms with Crippen LogP contribution in [0.15, 0.2) is 51.7 Å². The van der Waals surface area contributed by atoms with Gasteiger partial charge < -0.3 is 19.0 Å². The van der Waals surface area contributed by atoms with Gasteiger partial charge in [-0.15, -0.1) is 0 Å². The van der Waals surface area contributed by atoms with Gasteiger partial charge in [-0.1, -0.05) is 6.07 Å². The lowest BCUT2D eigenvalue weighted by molar-refractivity contribution is -0.914. The number of hydrogen-bond acceptors (Lipinski definition) is 4. The van der Waals surface area contributed by atoms with Gasteiger partial charge in [-0.05, 0) is 49.2 Å². The number of nitrogens with one attached hydrogen (secondary N) is 1. The molecule has 0 unspecified atom stereocenters. The fourth-order valence-corrected chi connectivity index (χ4v) is 3.96. The average Bonchev–Trinajstić information content (AvgIpc) is 2.70. The van der Waals surface area contributed by atoms with Crippen LogP contribution >= 0.6 is 0 Å². The molecule has 1 aromatic heterocycles. The van der Waals surface area contributed by atoms with Crippen LogP contribution in [0.5, 0.6) is 5.75 Å². The molecule has 0 radical (unpaired) electrons. The summed E-state index contributed by atoms with van der Waals surface area (Å²) in [4.78, 5) is 15.9. The van der Waals surface area contributed by atoms with Crippen molar-refractivity contribution in [3.05, 3.63) is 69.6 Å². The predicted octanol–water partition coefficient (Wildman–Crippen LogP) is 2.32. The first-order chi connectivity index (χ1) is 13.5. The molecule has 3 aromatic rings. The van der Waals surface area contributed by atoms with Gasteiger partial charge >= 0.3 is 5.63 Å². The molecular formula is C23H27N2O3+. The van der Waals surface area contributed by atoms with Gasteiger partial charge in [-0.25, -0.2) is 4.79 Å². The number of rotatable bonds is 4. The lowest BCUT2D eigenvalue weighted by Gasteiger charge is -2.34. The molecule has 1 N–H and O–H groups in total. The third-order valence-electron chi connectivity index (χ3n) is 5.77. The monoisotopic (exact) mass is 379 g/mol. The van der Waals surface area contributed by atoms with Crippen LogP contribution in [0, 0.1) is 13.8 Å². The second-order valence-electron chi connectivity index (χ2n) is 7.64. The van der Waals surface area contributed by atoms with E-state index in [1.54, 1.807) is 13.2 Å². The predicted molar refractivity (Wildman–Crippen MR) is 112 cm³/mol. The Morgan fingerprint density at radius 1 is 1.07 bits per heavy atom. The Morgan fingerprint density at radius 2 is 1.82 bits per heavy atom. The highest BCUT2D eigenvalue weighted by molar-refractivity contribution is 5.81. The van der Waals surface area contributed by atoms with Crippen LogP contribution in [0.25, 0.3) is 11.0 Å². The molecule has 1 aliphatic heterocycles. The molecule has 146 valence electrons. The average molecular weight is 379 g/mol. The summed E-state index contributed by atoms with van der Waals surface area (Å²) in [7, 11) is 1.70. The van der Waals surface area contributed by atoms with Crippen LogP contribution < -0.4 is 20.2 Å². The number of benzene rings is 2. The third-order valence-corrected chi connectivity index (χ3v) is 5.77. The molecule has 1 aliphatic rings. The van der Waals surface area contributed by atoms with E-state index in [4.69, 9.17) is 9.15 Å². The number of quaternary nitrogens is 1. The highest BCUT2D eigenvalue weighted by atomic mass is 16.5. The van der Waals surface area contributed by atoms with Crippen LogP contribution in [0.2, 0.25) is 0 Å². The molecule has 5 heteroatoms. The van der Waals surface area contributed by atoms with E-state index in [0.717, 1.165) is 55.0 Å². The smallest absolute Gasteiger partial charge is 0.336 e. The molecule has 1 fully saturated rings. The highest BCUT2D eigenvalue weighted by Gasteiger charge is 2.22. The summed E-state index contributed by atoms with van der Waals surface area (Å²) in [5, 5.41) is 1.06. The van der Waals surface area contributed by atoms with Gasteiger partial charge in [0.25, 0.3) is 0 Å². The molecule has 2 aromatic carbocycles. The summed E-state index contributed by atoms with van der Waals surface area (Å²) >= 11 is 0. The Morgan fingerprint density at radius 3 is 2.57 bits per heavy atom. The molecule has 4 rings (SSSR count). The molecule has 2 heterocycles. The minimum absolute atomic E-state index is 0.264. The molecule has 0 aliphatic carbocycles. The van der Waals surface area contributed by atoms with E-state index in [-0.39, 0.29) is 5.63 Å². The molecule has 0 saturated carbocycles. The third kappa shape index (κ3) is 3.76. The van der Waals surface area contributed by atoms with Gasteiger partial charge in [-0.3, -0.25) is 0 Å². The standard InChI is InChI=1S/C23H26N2O3/c1-16-11-21-18(13-23(26)28-22(21)12-17(16)2)15-24-7-9-25(10-8-24)19-5-4-6-20(14-19)27-3/h4-6,11-14H,7-10,15H2,1-3H3/p+1. The first-order valence-corrected chi connectivity index (χ1v) is 9.80. The summed E-state index contributed by atoms with van der Waals surface area (Å²) in [6, 6.07) is 14.0. The van der Waals surface area contributed by atoms with Crippen molar-refractivity contribution in [1.29, 1.82) is 0 Å². The highest BCUT2D eigenvalue weighted by Crippen LogP contribution is 2.22. The number of nitrogens with zero attached hydrogens (tertiary/aromatic N) is 1. The molecule has 0 atom stereocenters. The van der Waals surface area contributed by atoms with Crippen molar-refractivity contribution in [2.45, 2.75) is 20.4 Å². The first-order valence-electron chi connectivity index (χ1n) is 9.80. The molecule has 1 saturated heterocycles. The molecule has 0 bridgehead atoms.